The third-order valence-corrected chi connectivity index (χ3v) is 9.09. The van der Waals surface area contributed by atoms with Gasteiger partial charge in [0.1, 0.15) is 22.8 Å². The van der Waals surface area contributed by atoms with Crippen LogP contribution in [-0.2, 0) is 16.0 Å². The Balaban J connectivity index is 1.65. The van der Waals surface area contributed by atoms with Gasteiger partial charge in [-0.1, -0.05) is 12.2 Å². The molecule has 0 saturated carbocycles. The molecule has 0 spiro atoms. The van der Waals surface area contributed by atoms with Crippen LogP contribution in [-0.4, -0.2) is 92.7 Å². The Morgan fingerprint density at radius 2 is 1.76 bits per heavy atom. The Morgan fingerprint density at radius 3 is 2.32 bits per heavy atom. The number of ketones is 3. The zero-order valence-electron chi connectivity index (χ0n) is 23.1. The molecule has 0 aromatic heterocycles. The predicted octanol–water partition coefficient (Wildman–Crippen LogP) is 1.73. The van der Waals surface area contributed by atoms with Gasteiger partial charge in [-0.3, -0.25) is 29.0 Å². The second-order valence-corrected chi connectivity index (χ2v) is 11.5. The summed E-state index contributed by atoms with van der Waals surface area (Å²) < 4.78 is 0. The number of likely N-dealkylation sites (N-methyl/N-ethyl adjacent to an activating group) is 1. The van der Waals surface area contributed by atoms with Gasteiger partial charge in [-0.25, -0.2) is 0 Å². The van der Waals surface area contributed by atoms with Crippen LogP contribution in [0.3, 0.4) is 0 Å². The van der Waals surface area contributed by atoms with Crippen LogP contribution in [0.2, 0.25) is 0 Å². The van der Waals surface area contributed by atoms with Gasteiger partial charge in [0.15, 0.2) is 11.6 Å². The number of carbonyl (C=O) groups is 4. The minimum atomic E-state index is -2.59. The van der Waals surface area contributed by atoms with Crippen LogP contribution in [0.15, 0.2) is 52.1 Å². The highest BCUT2D eigenvalue weighted by Crippen LogP contribution is 2.54. The van der Waals surface area contributed by atoms with Gasteiger partial charge in [0.2, 0.25) is 11.3 Å². The van der Waals surface area contributed by atoms with Gasteiger partial charge in [-0.2, -0.15) is 0 Å². The highest BCUT2D eigenvalue weighted by molar-refractivity contribution is 6.25. The van der Waals surface area contributed by atoms with Crippen molar-refractivity contribution in [2.24, 2.45) is 22.7 Å². The van der Waals surface area contributed by atoms with E-state index in [4.69, 9.17) is 5.73 Å². The molecule has 1 aromatic carbocycles. The number of Topliss-reactive ketones (excluding diaryl/α,β-unsaturated/α-hetero) is 3. The first kappa shape index (κ1) is 28.4. The molecular weight excluding hydrogens is 532 g/mol. The molecule has 5 unspecified atom stereocenters. The third-order valence-electron chi connectivity index (χ3n) is 9.09. The number of aliphatic hydroxyl groups is 2. The fourth-order valence-corrected chi connectivity index (χ4v) is 7.12. The molecule has 1 aromatic rings. The minimum absolute atomic E-state index is 0.0340. The number of nitrogens with two attached hydrogens (primary N) is 1. The first-order valence-electron chi connectivity index (χ1n) is 13.4. The first-order valence-corrected chi connectivity index (χ1v) is 13.4. The maximum atomic E-state index is 13.9. The molecular formula is C29H32N4O8. The number of phenols is 1. The van der Waals surface area contributed by atoms with Crippen molar-refractivity contribution < 1.29 is 34.5 Å². The van der Waals surface area contributed by atoms with Gasteiger partial charge in [0.05, 0.1) is 18.2 Å². The minimum Gasteiger partial charge on any atom is -0.510 e. The van der Waals surface area contributed by atoms with Crippen molar-refractivity contribution >= 4 is 23.3 Å². The Bertz CT molecular complexity index is 1500. The molecule has 12 heteroatoms. The van der Waals surface area contributed by atoms with Crippen LogP contribution in [0.5, 0.6) is 5.75 Å². The largest absolute Gasteiger partial charge is 0.510 e. The van der Waals surface area contributed by atoms with E-state index in [0.29, 0.717) is 5.56 Å². The molecule has 216 valence electrons. The number of allylic oxidation sites excluding steroid dienone is 1. The summed E-state index contributed by atoms with van der Waals surface area (Å²) in [5.41, 5.74) is 1.98. The number of rotatable bonds is 6. The lowest BCUT2D eigenvalue weighted by atomic mass is 9.57. The van der Waals surface area contributed by atoms with E-state index < -0.39 is 63.7 Å². The maximum Gasteiger partial charge on any atom is 0.255 e. The van der Waals surface area contributed by atoms with E-state index in [1.54, 1.807) is 14.1 Å². The van der Waals surface area contributed by atoms with Crippen LogP contribution >= 0.6 is 0 Å². The molecule has 5 rings (SSSR count). The van der Waals surface area contributed by atoms with Gasteiger partial charge in [-0.05, 0) is 69.6 Å². The van der Waals surface area contributed by atoms with Crippen molar-refractivity contribution in [1.29, 1.82) is 0 Å². The molecule has 12 nitrogen and oxygen atoms in total. The topological polar surface area (TPSA) is 191 Å². The summed E-state index contributed by atoms with van der Waals surface area (Å²) in [5.74, 6) is -7.65. The summed E-state index contributed by atoms with van der Waals surface area (Å²) in [6, 6.07) is 1.66. The first-order chi connectivity index (χ1) is 19.3. The van der Waals surface area contributed by atoms with E-state index in [2.05, 4.69) is 5.18 Å². The summed E-state index contributed by atoms with van der Waals surface area (Å²) in [6.07, 6.45) is 3.97. The summed E-state index contributed by atoms with van der Waals surface area (Å²) in [4.78, 5) is 69.1. The summed E-state index contributed by atoms with van der Waals surface area (Å²) in [5, 5.41) is 36.2. The lowest BCUT2D eigenvalue weighted by Gasteiger charge is -2.49. The van der Waals surface area contributed by atoms with Crippen LogP contribution in [0.4, 0.5) is 0 Å². The van der Waals surface area contributed by atoms with Crippen molar-refractivity contribution in [3.63, 3.8) is 0 Å². The van der Waals surface area contributed by atoms with E-state index >= 15 is 0 Å². The number of nitroso groups, excluding NO2 is 1. The number of carbonyl (C=O) groups excluding carboxylic acids is 4. The zero-order valence-corrected chi connectivity index (χ0v) is 23.1. The average Bonchev–Trinajstić information content (AvgIpc) is 3.20. The van der Waals surface area contributed by atoms with Crippen LogP contribution in [0, 0.1) is 16.7 Å². The molecule has 0 radical (unpaired) electrons. The fraction of sp³-hybridized carbons (Fsp3) is 0.448. The average molecular weight is 565 g/mol. The number of phenolic OH excluding ortho intramolecular Hbond substituents is 1. The molecule has 5 N–H and O–H groups in total. The van der Waals surface area contributed by atoms with E-state index in [0.717, 1.165) is 0 Å². The number of nitrogens with zero attached hydrogens (tertiary/aromatic N) is 3. The van der Waals surface area contributed by atoms with Crippen molar-refractivity contribution in [3.05, 3.63) is 68.5 Å². The Morgan fingerprint density at radius 1 is 1.12 bits per heavy atom. The molecule has 1 amide bonds. The van der Waals surface area contributed by atoms with Crippen molar-refractivity contribution in [1.82, 2.24) is 9.80 Å². The van der Waals surface area contributed by atoms with Crippen molar-refractivity contribution in [3.8, 4) is 5.75 Å². The number of aromatic hydroxyl groups is 1. The number of amides is 1. The lowest BCUT2D eigenvalue weighted by Crippen LogP contribution is -2.62. The second kappa shape index (κ2) is 9.74. The molecule has 1 heterocycles. The standard InChI is InChI=1S/C29H32N4O8/c1-12-5-6-13(2)33(12)11-19(35)15-7-8-18(34)21-16(15)9-14-10-17-23(32(3)4)25(37)22(28(30)40)27(39)29(17,31-41)26(38)20(14)24(21)36/h5-8,12-14,17,23,34,37-38H,9-11H2,1-4H3,(H2,30,40)/t12?,13?,14?,17-,23?,29?/m0/s1. The Kier molecular flexibility index (Phi) is 6.74. The molecule has 3 aliphatic carbocycles. The normalized spacial score (nSPS) is 31.3. The quantitative estimate of drug-likeness (QED) is 0.171. The second-order valence-electron chi connectivity index (χ2n) is 11.5. The van der Waals surface area contributed by atoms with Crippen LogP contribution in [0.1, 0.15) is 46.5 Å². The van der Waals surface area contributed by atoms with Crippen LogP contribution < -0.4 is 5.73 Å². The third kappa shape index (κ3) is 3.88. The van der Waals surface area contributed by atoms with Gasteiger partial charge in [0, 0.05) is 29.1 Å². The number of hydrogen-bond donors (Lipinski definition) is 4. The SMILES string of the molecule is CC1C=CC(C)N1CC(=O)c1ccc(O)c2c1CC1C[C@H]3C(N(C)C)C(O)=C(C(N)=O)C(=O)C3(N=O)C(O)=C1C2=O. The van der Waals surface area contributed by atoms with Gasteiger partial charge >= 0.3 is 0 Å². The Hall–Kier alpha value is -4.16. The summed E-state index contributed by atoms with van der Waals surface area (Å²) >= 11 is 0. The number of aliphatic hydroxyl groups excluding tert-OH is 2. The number of primary amides is 1. The van der Waals surface area contributed by atoms with E-state index in [-0.39, 0.29) is 54.0 Å². The molecule has 0 bridgehead atoms. The zero-order chi connectivity index (χ0) is 30.1. The number of hydrogen-bond acceptors (Lipinski definition) is 11. The van der Waals surface area contributed by atoms with Gasteiger partial charge in [-0.15, -0.1) is 4.91 Å². The maximum absolute atomic E-state index is 13.9. The molecule has 0 saturated heterocycles. The monoisotopic (exact) mass is 564 g/mol. The van der Waals surface area contributed by atoms with E-state index in [1.807, 2.05) is 30.9 Å². The Labute approximate surface area is 235 Å². The number of fused-ring (bicyclic) bond motifs is 3. The fourth-order valence-electron chi connectivity index (χ4n) is 7.12. The summed E-state index contributed by atoms with van der Waals surface area (Å²) in [6.45, 7) is 4.02. The van der Waals surface area contributed by atoms with E-state index in [1.165, 1.54) is 17.0 Å². The molecule has 0 fully saturated rings. The van der Waals surface area contributed by atoms with Crippen molar-refractivity contribution in [2.45, 2.75) is 50.4 Å². The lowest BCUT2D eigenvalue weighted by molar-refractivity contribution is -0.129. The van der Waals surface area contributed by atoms with Gasteiger partial charge < -0.3 is 21.1 Å². The summed E-state index contributed by atoms with van der Waals surface area (Å²) in [7, 11) is 3.10. The van der Waals surface area contributed by atoms with Crippen molar-refractivity contribution in [2.75, 3.05) is 20.6 Å². The molecule has 6 atom stereocenters. The highest BCUT2D eigenvalue weighted by Gasteiger charge is 2.65. The molecule has 41 heavy (non-hydrogen) atoms. The smallest absolute Gasteiger partial charge is 0.255 e. The predicted molar refractivity (Wildman–Crippen MR) is 146 cm³/mol. The molecule has 4 aliphatic rings. The number of benzene rings is 1. The van der Waals surface area contributed by atoms with Crippen LogP contribution in [0.25, 0.3) is 0 Å². The molecule has 1 aliphatic heterocycles. The van der Waals surface area contributed by atoms with Gasteiger partial charge in [0.25, 0.3) is 5.91 Å². The highest BCUT2D eigenvalue weighted by atomic mass is 16.3. The van der Waals surface area contributed by atoms with E-state index in [9.17, 15) is 39.4 Å².